The van der Waals surface area contributed by atoms with Crippen molar-refractivity contribution >= 4 is 105 Å². The van der Waals surface area contributed by atoms with Crippen LogP contribution in [0.2, 0.25) is 0 Å². The van der Waals surface area contributed by atoms with Crippen LogP contribution in [0.5, 0.6) is 5.75 Å². The summed E-state index contributed by atoms with van der Waals surface area (Å²) in [5, 5.41) is 42.7. The summed E-state index contributed by atoms with van der Waals surface area (Å²) in [5.74, 6) is -0.979. The molecule has 0 fully saturated rings. The fourth-order valence-electron chi connectivity index (χ4n) is 5.33. The smallest absolute Gasteiger partial charge is 0.744 e. The van der Waals surface area contributed by atoms with E-state index in [4.69, 9.17) is 28.7 Å². The molecule has 11 N–H and O–H groups in total. The molecule has 0 aliphatic rings. The maximum atomic E-state index is 12.4. The molecule has 0 unspecified atom stereocenters. The Bertz CT molecular complexity index is 2790. The van der Waals surface area contributed by atoms with Gasteiger partial charge in [0.2, 0.25) is 0 Å². The Hall–Kier alpha value is -5.40. The van der Waals surface area contributed by atoms with Gasteiger partial charge < -0.3 is 42.9 Å². The molecule has 6 aromatic rings. The number of hydrogen-bond donors (Lipinski definition) is 6. The molecule has 0 saturated carbocycles. The molecule has 0 atom stereocenters. The number of nitrogens with zero attached hydrogens (tertiary/aromatic N) is 8. The predicted octanol–water partition coefficient (Wildman–Crippen LogP) is 2.55. The topological polar surface area (TPSA) is 364 Å². The number of nitrogen functional groups attached to an aromatic ring is 5. The largest absolute Gasteiger partial charge is 1.00 e. The Morgan fingerprint density at radius 3 is 1.18 bits per heavy atom. The summed E-state index contributed by atoms with van der Waals surface area (Å²) in [5.41, 5.74) is 32.8. The number of benzene rings is 6. The first kappa shape index (κ1) is 47.3. The van der Waals surface area contributed by atoms with Gasteiger partial charge in [-0.2, -0.15) is 20.5 Å². The Kier molecular flexibility index (Phi) is 14.9. The van der Waals surface area contributed by atoms with Crippen LogP contribution in [0.1, 0.15) is 11.1 Å². The molecular weight excluding hydrogens is 837 g/mol. The number of rotatable bonds is 10. The minimum atomic E-state index is -5.39. The summed E-state index contributed by atoms with van der Waals surface area (Å²) < 4.78 is 74.2. The first-order valence-corrected chi connectivity index (χ1v) is 19.3. The van der Waals surface area contributed by atoms with E-state index in [-0.39, 0.29) is 70.5 Å². The van der Waals surface area contributed by atoms with Gasteiger partial charge in [-0.1, -0.05) is 0 Å². The molecule has 24 heteroatoms. The van der Waals surface area contributed by atoms with Crippen molar-refractivity contribution in [3.05, 3.63) is 96.1 Å². The van der Waals surface area contributed by atoms with Crippen molar-refractivity contribution in [3.63, 3.8) is 0 Å². The molecular formula is C36H31N13Na2O7S2. The van der Waals surface area contributed by atoms with Crippen LogP contribution < -0.4 is 87.8 Å². The molecule has 0 saturated heterocycles. The maximum absolute atomic E-state index is 12.4. The first-order valence-electron chi connectivity index (χ1n) is 16.5. The van der Waals surface area contributed by atoms with Crippen LogP contribution in [0.4, 0.5) is 73.9 Å². The van der Waals surface area contributed by atoms with E-state index in [0.717, 1.165) is 11.1 Å². The van der Waals surface area contributed by atoms with E-state index in [1.165, 1.54) is 48.5 Å². The predicted molar refractivity (Wildman–Crippen MR) is 216 cm³/mol. The van der Waals surface area contributed by atoms with Crippen molar-refractivity contribution < 1.29 is 90.2 Å². The monoisotopic (exact) mass is 867 g/mol. The zero-order valence-electron chi connectivity index (χ0n) is 32.3. The van der Waals surface area contributed by atoms with Crippen molar-refractivity contribution in [2.45, 2.75) is 23.6 Å². The maximum Gasteiger partial charge on any atom is 1.00 e. The molecule has 0 heterocycles. The first-order chi connectivity index (χ1) is 27.3. The summed E-state index contributed by atoms with van der Waals surface area (Å²) >= 11 is 0. The number of nitrogens with two attached hydrogens (primary N) is 5. The van der Waals surface area contributed by atoms with Gasteiger partial charge in [-0.15, -0.1) is 20.5 Å². The molecule has 0 amide bonds. The van der Waals surface area contributed by atoms with Gasteiger partial charge in [-0.3, -0.25) is 0 Å². The van der Waals surface area contributed by atoms with Crippen molar-refractivity contribution in [1.82, 2.24) is 0 Å². The van der Waals surface area contributed by atoms with Gasteiger partial charge in [0.15, 0.2) is 5.75 Å². The second-order valence-corrected chi connectivity index (χ2v) is 15.3. The Balaban J connectivity index is 0.00000397. The van der Waals surface area contributed by atoms with E-state index in [2.05, 4.69) is 40.9 Å². The zero-order valence-corrected chi connectivity index (χ0v) is 37.9. The van der Waals surface area contributed by atoms with E-state index in [0.29, 0.717) is 57.6 Å². The number of phenols is 1. The average molecular weight is 868 g/mol. The molecule has 6 rings (SSSR count). The third-order valence-electron chi connectivity index (χ3n) is 8.46. The number of hydrogen-bond acceptors (Lipinski definition) is 20. The Labute approximate surface area is 386 Å². The molecule has 0 radical (unpaired) electrons. The molecule has 0 aliphatic carbocycles. The van der Waals surface area contributed by atoms with Crippen LogP contribution in [0.25, 0.3) is 10.8 Å². The van der Waals surface area contributed by atoms with Crippen LogP contribution in [-0.4, -0.2) is 31.0 Å². The number of aryl methyl sites for hydroxylation is 2. The quantitative estimate of drug-likeness (QED) is 0.0501. The number of phenolic OH excluding ortho intramolecular Hbond substituents is 1. The number of anilines is 5. The van der Waals surface area contributed by atoms with Crippen LogP contribution in [-0.2, 0) is 20.2 Å². The Morgan fingerprint density at radius 2 is 0.817 bits per heavy atom. The van der Waals surface area contributed by atoms with Crippen LogP contribution in [0.3, 0.4) is 0 Å². The normalized spacial score (nSPS) is 12.1. The second-order valence-electron chi connectivity index (χ2n) is 12.6. The van der Waals surface area contributed by atoms with Crippen molar-refractivity contribution in [2.75, 3.05) is 28.7 Å². The molecule has 6 aromatic carbocycles. The molecule has 0 spiro atoms. The van der Waals surface area contributed by atoms with Crippen molar-refractivity contribution in [1.29, 1.82) is 0 Å². The fraction of sp³-hybridized carbons (Fsp3) is 0.0556. The standard InChI is InChI=1S/C36H33N13O7S2.2Na/c1-17-11-28(26(39)15-24(17)37)46-42-20-3-7-22(8-4-20)44-48-34-30(57(51,52)53)13-19-14-31(58(54,55)56)35(36(50)32(19)33(34)41)49-45-23-9-5-21(6-10-23)43-47-29-12-18(2)25(38)16-27(29)40;;/h3-16,50H,37-41H2,1-2H3,(H,51,52,53)(H,54,55,56);;/q;2*+1/p-2. The van der Waals surface area contributed by atoms with Gasteiger partial charge in [-0.25, -0.2) is 16.8 Å². The van der Waals surface area contributed by atoms with E-state index in [1.807, 2.05) is 0 Å². The SMILES string of the molecule is Cc1cc(N=Nc2ccc(N=Nc3c(S(=O)(=O)[O-])cc4cc(S(=O)(=O)[O-])c(N=Nc5ccc(N=Nc6cc(C)c(N)cc6N)cc5)c(O)c4c3N)cc2)c(N)cc1N.[Na+].[Na+]. The van der Waals surface area contributed by atoms with Gasteiger partial charge >= 0.3 is 59.1 Å². The summed E-state index contributed by atoms with van der Waals surface area (Å²) in [7, 11) is -10.7. The number of aromatic hydroxyl groups is 1. The van der Waals surface area contributed by atoms with Gasteiger partial charge in [0.25, 0.3) is 0 Å². The fourth-order valence-corrected chi connectivity index (χ4v) is 6.63. The molecule has 296 valence electrons. The Morgan fingerprint density at radius 1 is 0.483 bits per heavy atom. The zero-order chi connectivity index (χ0) is 42.1. The second kappa shape index (κ2) is 18.9. The van der Waals surface area contributed by atoms with Crippen molar-refractivity contribution in [3.8, 4) is 5.75 Å². The van der Waals surface area contributed by atoms with Crippen molar-refractivity contribution in [2.24, 2.45) is 40.9 Å². The number of fused-ring (bicyclic) bond motifs is 1. The molecule has 60 heavy (non-hydrogen) atoms. The van der Waals surface area contributed by atoms with Gasteiger partial charge in [0.1, 0.15) is 43.0 Å². The third-order valence-corrected chi connectivity index (χ3v) is 10.2. The van der Waals surface area contributed by atoms with E-state index in [9.17, 15) is 31.0 Å². The van der Waals surface area contributed by atoms with E-state index >= 15 is 0 Å². The van der Waals surface area contributed by atoms with Crippen LogP contribution in [0, 0.1) is 13.8 Å². The minimum absolute atomic E-state index is 0. The van der Waals surface area contributed by atoms with Gasteiger partial charge in [0, 0.05) is 11.4 Å². The average Bonchev–Trinajstić information content (AvgIpc) is 3.15. The summed E-state index contributed by atoms with van der Waals surface area (Å²) in [6.07, 6.45) is 0. The molecule has 0 aliphatic heterocycles. The van der Waals surface area contributed by atoms with Crippen LogP contribution >= 0.6 is 0 Å². The molecule has 0 aromatic heterocycles. The molecule has 0 bridgehead atoms. The summed E-state index contributed by atoms with van der Waals surface area (Å²) in [4.78, 5) is -2.10. The third kappa shape index (κ3) is 10.7. The molecule has 20 nitrogen and oxygen atoms in total. The number of azo groups is 4. The van der Waals surface area contributed by atoms with E-state index < -0.39 is 63.6 Å². The van der Waals surface area contributed by atoms with Gasteiger partial charge in [0.05, 0.1) is 55.0 Å². The van der Waals surface area contributed by atoms with Gasteiger partial charge in [-0.05, 0) is 115 Å². The summed E-state index contributed by atoms with van der Waals surface area (Å²) in [6, 6.07) is 19.7. The summed E-state index contributed by atoms with van der Waals surface area (Å²) in [6.45, 7) is 3.58. The van der Waals surface area contributed by atoms with Crippen LogP contribution in [0.15, 0.2) is 136 Å². The minimum Gasteiger partial charge on any atom is -0.744 e. The van der Waals surface area contributed by atoms with E-state index in [1.54, 1.807) is 38.1 Å².